The number of halogens is 1. The Morgan fingerprint density at radius 3 is 2.70 bits per heavy atom. The molecule has 0 fully saturated rings. The minimum absolute atomic E-state index is 0.285. The number of hydrogen-bond acceptors (Lipinski definition) is 3. The summed E-state index contributed by atoms with van der Waals surface area (Å²) in [7, 11) is 0. The van der Waals surface area contributed by atoms with E-state index >= 15 is 0 Å². The van der Waals surface area contributed by atoms with Crippen LogP contribution < -0.4 is 5.43 Å². The highest BCUT2D eigenvalue weighted by atomic mass is 35.5. The van der Waals surface area contributed by atoms with Crippen molar-refractivity contribution in [2.45, 2.75) is 6.92 Å². The first-order valence-corrected chi connectivity index (χ1v) is 6.35. The summed E-state index contributed by atoms with van der Waals surface area (Å²) in [6.45, 7) is 1.78. The smallest absolute Gasteiger partial charge is 0.271 e. The van der Waals surface area contributed by atoms with Gasteiger partial charge < -0.3 is 4.42 Å². The van der Waals surface area contributed by atoms with Crippen LogP contribution in [0.15, 0.2) is 58.3 Å². The molecule has 0 aliphatic rings. The molecular weight excluding hydrogens is 276 g/mol. The monoisotopic (exact) mass is 288 g/mol. The van der Waals surface area contributed by atoms with Gasteiger partial charge in [-0.3, -0.25) is 4.79 Å². The molecule has 0 unspecified atom stereocenters. The Kier molecular flexibility index (Phi) is 4.74. The summed E-state index contributed by atoms with van der Waals surface area (Å²) in [4.78, 5) is 11.8. The highest BCUT2D eigenvalue weighted by Gasteiger charge is 2.03. The van der Waals surface area contributed by atoms with Gasteiger partial charge >= 0.3 is 0 Å². The molecule has 4 nitrogen and oxygen atoms in total. The summed E-state index contributed by atoms with van der Waals surface area (Å²) in [5, 5.41) is 4.56. The van der Waals surface area contributed by atoms with Gasteiger partial charge in [0.25, 0.3) is 5.91 Å². The van der Waals surface area contributed by atoms with Crippen LogP contribution in [0, 0.1) is 0 Å². The molecule has 0 spiro atoms. The molecule has 1 aromatic carbocycles. The van der Waals surface area contributed by atoms with Crippen LogP contribution in [0.4, 0.5) is 0 Å². The minimum atomic E-state index is -0.285. The van der Waals surface area contributed by atoms with Gasteiger partial charge in [-0.1, -0.05) is 11.6 Å². The lowest BCUT2D eigenvalue weighted by molar-refractivity contribution is 0.0955. The van der Waals surface area contributed by atoms with E-state index in [2.05, 4.69) is 10.5 Å². The number of hydrogen-bond donors (Lipinski definition) is 1. The van der Waals surface area contributed by atoms with Crippen LogP contribution in [0.5, 0.6) is 0 Å². The summed E-state index contributed by atoms with van der Waals surface area (Å²) in [5.41, 5.74) is 3.63. The van der Waals surface area contributed by atoms with Gasteiger partial charge in [-0.2, -0.15) is 5.10 Å². The molecule has 1 amide bonds. The van der Waals surface area contributed by atoms with Gasteiger partial charge in [0.05, 0.1) is 12.0 Å². The van der Waals surface area contributed by atoms with Crippen molar-refractivity contribution in [1.82, 2.24) is 5.43 Å². The summed E-state index contributed by atoms with van der Waals surface area (Å²) >= 11 is 5.76. The number of furan rings is 1. The van der Waals surface area contributed by atoms with E-state index in [-0.39, 0.29) is 5.91 Å². The first-order valence-electron chi connectivity index (χ1n) is 5.97. The highest BCUT2D eigenvalue weighted by molar-refractivity contribution is 6.30. The van der Waals surface area contributed by atoms with E-state index in [1.54, 1.807) is 55.7 Å². The zero-order valence-corrected chi connectivity index (χ0v) is 11.6. The molecule has 0 aliphatic heterocycles. The number of nitrogens with zero attached hydrogens (tertiary/aromatic N) is 1. The Morgan fingerprint density at radius 1 is 1.30 bits per heavy atom. The van der Waals surface area contributed by atoms with Crippen LogP contribution in [0.2, 0.25) is 5.02 Å². The van der Waals surface area contributed by atoms with Crippen LogP contribution >= 0.6 is 11.6 Å². The molecule has 0 radical (unpaired) electrons. The fourth-order valence-corrected chi connectivity index (χ4v) is 1.56. The maximum absolute atomic E-state index is 11.8. The standard InChI is InChI=1S/C15H13ClN2O2/c1-11(4-9-14-3-2-10-20-14)17-18-15(19)12-5-7-13(16)8-6-12/h2-10H,1H3,(H,18,19). The number of rotatable bonds is 4. The third kappa shape index (κ3) is 4.10. The lowest BCUT2D eigenvalue weighted by Crippen LogP contribution is -2.18. The van der Waals surface area contributed by atoms with E-state index in [4.69, 9.17) is 16.0 Å². The first kappa shape index (κ1) is 14.1. The molecule has 0 aliphatic carbocycles. The van der Waals surface area contributed by atoms with Crippen molar-refractivity contribution in [1.29, 1.82) is 0 Å². The van der Waals surface area contributed by atoms with Crippen LogP contribution in [-0.4, -0.2) is 11.6 Å². The van der Waals surface area contributed by atoms with Crippen LogP contribution in [-0.2, 0) is 0 Å². The molecule has 2 aromatic rings. The first-order chi connectivity index (χ1) is 9.65. The van der Waals surface area contributed by atoms with E-state index in [0.717, 1.165) is 5.76 Å². The van der Waals surface area contributed by atoms with Gasteiger partial charge in [-0.15, -0.1) is 0 Å². The Balaban J connectivity index is 1.94. The molecule has 102 valence electrons. The lowest BCUT2D eigenvalue weighted by atomic mass is 10.2. The summed E-state index contributed by atoms with van der Waals surface area (Å²) in [5.74, 6) is 0.441. The van der Waals surface area contributed by atoms with Crippen molar-refractivity contribution in [2.75, 3.05) is 0 Å². The largest absolute Gasteiger partial charge is 0.465 e. The Labute approximate surface area is 121 Å². The molecule has 1 heterocycles. The number of allylic oxidation sites excluding steroid dienone is 1. The average molecular weight is 289 g/mol. The third-order valence-electron chi connectivity index (χ3n) is 2.47. The molecule has 1 aromatic heterocycles. The minimum Gasteiger partial charge on any atom is -0.465 e. The maximum atomic E-state index is 11.8. The van der Waals surface area contributed by atoms with Crippen molar-refractivity contribution in [2.24, 2.45) is 5.10 Å². The quantitative estimate of drug-likeness (QED) is 0.688. The molecule has 0 saturated carbocycles. The van der Waals surface area contributed by atoms with Crippen molar-refractivity contribution >= 4 is 29.3 Å². The van der Waals surface area contributed by atoms with Crippen molar-refractivity contribution in [3.05, 3.63) is 65.1 Å². The predicted molar refractivity (Wildman–Crippen MR) is 79.8 cm³/mol. The SMILES string of the molecule is CC(C=Cc1ccco1)=NNC(=O)c1ccc(Cl)cc1. The predicted octanol–water partition coefficient (Wildman–Crippen LogP) is 3.75. The third-order valence-corrected chi connectivity index (χ3v) is 2.72. The van der Waals surface area contributed by atoms with Crippen LogP contribution in [0.25, 0.3) is 6.08 Å². The second-order valence-corrected chi connectivity index (χ2v) is 4.49. The van der Waals surface area contributed by atoms with E-state index < -0.39 is 0 Å². The fraction of sp³-hybridized carbons (Fsp3) is 0.0667. The number of benzene rings is 1. The average Bonchev–Trinajstić information content (AvgIpc) is 2.96. The van der Waals surface area contributed by atoms with Crippen LogP contribution in [0.3, 0.4) is 0 Å². The normalized spacial score (nSPS) is 11.8. The number of amides is 1. The van der Waals surface area contributed by atoms with Gasteiger partial charge in [-0.25, -0.2) is 5.43 Å². The molecule has 20 heavy (non-hydrogen) atoms. The van der Waals surface area contributed by atoms with Gasteiger partial charge in [0.15, 0.2) is 0 Å². The van der Waals surface area contributed by atoms with E-state index in [1.807, 2.05) is 6.07 Å². The highest BCUT2D eigenvalue weighted by Crippen LogP contribution is 2.09. The maximum Gasteiger partial charge on any atom is 0.271 e. The second kappa shape index (κ2) is 6.73. The van der Waals surface area contributed by atoms with Gasteiger partial charge in [-0.05, 0) is 55.5 Å². The number of carbonyl (C=O) groups is 1. The van der Waals surface area contributed by atoms with E-state index in [0.29, 0.717) is 16.3 Å². The number of hydrazone groups is 1. The molecule has 5 heteroatoms. The van der Waals surface area contributed by atoms with Crippen molar-refractivity contribution in [3.63, 3.8) is 0 Å². The fourth-order valence-electron chi connectivity index (χ4n) is 1.43. The van der Waals surface area contributed by atoms with Crippen LogP contribution in [0.1, 0.15) is 23.0 Å². The molecule has 0 bridgehead atoms. The Bertz CT molecular complexity index is 628. The van der Waals surface area contributed by atoms with Gasteiger partial charge in [0.2, 0.25) is 0 Å². The molecular formula is C15H13ClN2O2. The van der Waals surface area contributed by atoms with E-state index in [1.165, 1.54) is 0 Å². The number of carbonyl (C=O) groups excluding carboxylic acids is 1. The summed E-state index contributed by atoms with van der Waals surface area (Å²) in [6.07, 6.45) is 5.11. The zero-order valence-electron chi connectivity index (χ0n) is 10.8. The molecule has 0 atom stereocenters. The van der Waals surface area contributed by atoms with Gasteiger partial charge in [0.1, 0.15) is 5.76 Å². The zero-order chi connectivity index (χ0) is 14.4. The van der Waals surface area contributed by atoms with Gasteiger partial charge in [0, 0.05) is 10.6 Å². The molecule has 1 N–H and O–H groups in total. The summed E-state index contributed by atoms with van der Waals surface area (Å²) < 4.78 is 5.15. The Hall–Kier alpha value is -2.33. The van der Waals surface area contributed by atoms with Crippen molar-refractivity contribution in [3.8, 4) is 0 Å². The topological polar surface area (TPSA) is 54.6 Å². The van der Waals surface area contributed by atoms with Crippen molar-refractivity contribution < 1.29 is 9.21 Å². The summed E-state index contributed by atoms with van der Waals surface area (Å²) in [6, 6.07) is 10.2. The lowest BCUT2D eigenvalue weighted by Gasteiger charge is -2.00. The molecule has 0 saturated heterocycles. The van der Waals surface area contributed by atoms with E-state index in [9.17, 15) is 4.79 Å². The number of nitrogens with one attached hydrogen (secondary N) is 1. The Morgan fingerprint density at radius 2 is 2.05 bits per heavy atom. The second-order valence-electron chi connectivity index (χ2n) is 4.05. The molecule has 2 rings (SSSR count).